The average molecular weight is 261 g/mol. The normalized spacial score (nSPS) is 15.8. The van der Waals surface area contributed by atoms with Gasteiger partial charge in [-0.3, -0.25) is 14.5 Å². The van der Waals surface area contributed by atoms with E-state index in [0.29, 0.717) is 24.1 Å². The first-order chi connectivity index (χ1) is 9.16. The largest absolute Gasteiger partial charge is 0.330 e. The Morgan fingerprint density at radius 2 is 1.58 bits per heavy atom. The van der Waals surface area contributed by atoms with Crippen LogP contribution in [-0.2, 0) is 0 Å². The van der Waals surface area contributed by atoms with Crippen molar-refractivity contribution in [2.75, 3.05) is 6.54 Å². The number of carbonyl (C=O) groups excluding carboxylic acids is 2. The number of amides is 2. The Kier molecular flexibility index (Phi) is 4.29. The van der Waals surface area contributed by atoms with Crippen molar-refractivity contribution in [2.24, 2.45) is 11.5 Å². The van der Waals surface area contributed by atoms with Crippen LogP contribution in [0.15, 0.2) is 24.3 Å². The van der Waals surface area contributed by atoms with E-state index in [1.165, 1.54) is 4.90 Å². The Labute approximate surface area is 112 Å². The van der Waals surface area contributed by atoms with Gasteiger partial charge in [-0.2, -0.15) is 0 Å². The lowest BCUT2D eigenvalue weighted by Gasteiger charge is -2.22. The summed E-state index contributed by atoms with van der Waals surface area (Å²) in [6.07, 6.45) is 2.84. The van der Waals surface area contributed by atoms with Crippen LogP contribution in [0.4, 0.5) is 0 Å². The maximum Gasteiger partial charge on any atom is 0.262 e. The molecule has 2 rings (SSSR count). The monoisotopic (exact) mass is 261 g/mol. The van der Waals surface area contributed by atoms with Crippen LogP contribution in [-0.4, -0.2) is 29.4 Å². The molecule has 0 saturated carbocycles. The molecule has 19 heavy (non-hydrogen) atoms. The molecule has 0 spiro atoms. The van der Waals surface area contributed by atoms with E-state index in [-0.39, 0.29) is 11.8 Å². The summed E-state index contributed by atoms with van der Waals surface area (Å²) in [5, 5.41) is 0. The zero-order chi connectivity index (χ0) is 13.8. The van der Waals surface area contributed by atoms with E-state index in [1.54, 1.807) is 24.3 Å². The topological polar surface area (TPSA) is 89.4 Å². The van der Waals surface area contributed by atoms with Crippen molar-refractivity contribution >= 4 is 11.8 Å². The lowest BCUT2D eigenvalue weighted by atomic mass is 10.1. The smallest absolute Gasteiger partial charge is 0.262 e. The minimum Gasteiger partial charge on any atom is -0.330 e. The van der Waals surface area contributed by atoms with Gasteiger partial charge in [0.1, 0.15) is 0 Å². The summed E-state index contributed by atoms with van der Waals surface area (Å²) < 4.78 is 0. The molecule has 1 aliphatic heterocycles. The molecule has 1 unspecified atom stereocenters. The van der Waals surface area contributed by atoms with Crippen LogP contribution in [0.2, 0.25) is 0 Å². The fourth-order valence-corrected chi connectivity index (χ4v) is 2.31. The van der Waals surface area contributed by atoms with Gasteiger partial charge in [-0.15, -0.1) is 0 Å². The SMILES string of the molecule is NCCCCCC(N)N1C(=O)c2ccccc2C1=O. The van der Waals surface area contributed by atoms with Gasteiger partial charge in [0.25, 0.3) is 11.8 Å². The molecule has 2 amide bonds. The van der Waals surface area contributed by atoms with Gasteiger partial charge in [-0.25, -0.2) is 0 Å². The summed E-state index contributed by atoms with van der Waals surface area (Å²) in [7, 11) is 0. The molecule has 0 saturated heterocycles. The molecule has 0 aromatic heterocycles. The highest BCUT2D eigenvalue weighted by molar-refractivity contribution is 6.21. The van der Waals surface area contributed by atoms with Crippen LogP contribution >= 0.6 is 0 Å². The molecule has 1 aliphatic rings. The third-order valence-corrected chi connectivity index (χ3v) is 3.36. The molecule has 0 bridgehead atoms. The summed E-state index contributed by atoms with van der Waals surface area (Å²) in [6, 6.07) is 6.83. The number of rotatable bonds is 6. The maximum absolute atomic E-state index is 12.1. The van der Waals surface area contributed by atoms with E-state index in [1.807, 2.05) is 0 Å². The summed E-state index contributed by atoms with van der Waals surface area (Å²) in [5.41, 5.74) is 12.3. The van der Waals surface area contributed by atoms with E-state index in [2.05, 4.69) is 0 Å². The van der Waals surface area contributed by atoms with Crippen molar-refractivity contribution in [1.82, 2.24) is 4.90 Å². The quantitative estimate of drug-likeness (QED) is 0.592. The molecular formula is C14H19N3O2. The van der Waals surface area contributed by atoms with Crippen LogP contribution < -0.4 is 11.5 Å². The summed E-state index contributed by atoms with van der Waals surface area (Å²) in [6.45, 7) is 0.655. The van der Waals surface area contributed by atoms with E-state index < -0.39 is 6.17 Å². The minimum absolute atomic E-state index is 0.285. The first-order valence-corrected chi connectivity index (χ1v) is 6.59. The number of carbonyl (C=O) groups is 2. The first kappa shape index (κ1) is 13.7. The van der Waals surface area contributed by atoms with Crippen LogP contribution in [0.25, 0.3) is 0 Å². The van der Waals surface area contributed by atoms with Gasteiger partial charge in [0, 0.05) is 0 Å². The summed E-state index contributed by atoms with van der Waals surface area (Å²) in [5.74, 6) is -0.571. The van der Waals surface area contributed by atoms with E-state index in [9.17, 15) is 9.59 Å². The van der Waals surface area contributed by atoms with Crippen molar-refractivity contribution in [1.29, 1.82) is 0 Å². The number of nitrogens with zero attached hydrogens (tertiary/aromatic N) is 1. The lowest BCUT2D eigenvalue weighted by Crippen LogP contribution is -2.45. The van der Waals surface area contributed by atoms with Gasteiger partial charge in [-0.05, 0) is 37.9 Å². The predicted molar refractivity (Wildman–Crippen MR) is 72.4 cm³/mol. The lowest BCUT2D eigenvalue weighted by molar-refractivity contribution is 0.0579. The number of nitrogens with two attached hydrogens (primary N) is 2. The first-order valence-electron chi connectivity index (χ1n) is 6.59. The molecule has 0 radical (unpaired) electrons. The van der Waals surface area contributed by atoms with Crippen molar-refractivity contribution in [3.05, 3.63) is 35.4 Å². The van der Waals surface area contributed by atoms with Gasteiger partial charge in [-0.1, -0.05) is 18.6 Å². The van der Waals surface area contributed by atoms with Gasteiger partial charge in [0.15, 0.2) is 0 Å². The highest BCUT2D eigenvalue weighted by atomic mass is 16.2. The molecule has 1 aromatic carbocycles. The van der Waals surface area contributed by atoms with Crippen LogP contribution in [0, 0.1) is 0 Å². The average Bonchev–Trinajstić information content (AvgIpc) is 2.68. The third kappa shape index (κ3) is 2.67. The molecule has 4 N–H and O–H groups in total. The second-order valence-electron chi connectivity index (χ2n) is 4.73. The summed E-state index contributed by atoms with van der Waals surface area (Å²) in [4.78, 5) is 25.5. The molecule has 0 aliphatic carbocycles. The zero-order valence-electron chi connectivity index (χ0n) is 10.8. The van der Waals surface area contributed by atoms with Crippen molar-refractivity contribution in [3.8, 4) is 0 Å². The zero-order valence-corrected chi connectivity index (χ0v) is 10.8. The highest BCUT2D eigenvalue weighted by Crippen LogP contribution is 2.24. The number of imide groups is 1. The van der Waals surface area contributed by atoms with Gasteiger partial charge >= 0.3 is 0 Å². The third-order valence-electron chi connectivity index (χ3n) is 3.36. The molecule has 5 nitrogen and oxygen atoms in total. The van der Waals surface area contributed by atoms with Crippen LogP contribution in [0.5, 0.6) is 0 Å². The highest BCUT2D eigenvalue weighted by Gasteiger charge is 2.38. The Morgan fingerprint density at radius 1 is 1.00 bits per heavy atom. The van der Waals surface area contributed by atoms with Crippen LogP contribution in [0.1, 0.15) is 46.4 Å². The number of unbranched alkanes of at least 4 members (excludes halogenated alkanes) is 2. The Morgan fingerprint density at radius 3 is 2.11 bits per heavy atom. The van der Waals surface area contributed by atoms with Gasteiger partial charge in [0.2, 0.25) is 0 Å². The standard InChI is InChI=1S/C14H19N3O2/c15-9-5-1-2-8-12(16)17-13(18)10-6-3-4-7-11(10)14(17)19/h3-4,6-7,12H,1-2,5,8-9,15-16H2. The Balaban J connectivity index is 2.03. The number of hydrogen-bond acceptors (Lipinski definition) is 4. The molecule has 0 fully saturated rings. The van der Waals surface area contributed by atoms with Crippen molar-refractivity contribution < 1.29 is 9.59 Å². The van der Waals surface area contributed by atoms with E-state index in [4.69, 9.17) is 11.5 Å². The molecule has 102 valence electrons. The van der Waals surface area contributed by atoms with E-state index in [0.717, 1.165) is 19.3 Å². The molecule has 1 heterocycles. The molecule has 1 atom stereocenters. The minimum atomic E-state index is -0.551. The second-order valence-corrected chi connectivity index (χ2v) is 4.73. The molecule has 5 heteroatoms. The fraction of sp³-hybridized carbons (Fsp3) is 0.429. The van der Waals surface area contributed by atoms with Crippen molar-refractivity contribution in [2.45, 2.75) is 31.8 Å². The Bertz CT molecular complexity index is 452. The molecular weight excluding hydrogens is 242 g/mol. The van der Waals surface area contributed by atoms with Crippen molar-refractivity contribution in [3.63, 3.8) is 0 Å². The summed E-state index contributed by atoms with van der Waals surface area (Å²) >= 11 is 0. The van der Waals surface area contributed by atoms with Gasteiger partial charge in [0.05, 0.1) is 17.3 Å². The van der Waals surface area contributed by atoms with Crippen LogP contribution in [0.3, 0.4) is 0 Å². The molecule has 1 aromatic rings. The predicted octanol–water partition coefficient (Wildman–Crippen LogP) is 1.09. The number of hydrogen-bond donors (Lipinski definition) is 2. The number of benzene rings is 1. The second kappa shape index (κ2) is 5.95. The fourth-order valence-electron chi connectivity index (χ4n) is 2.31. The van der Waals surface area contributed by atoms with E-state index >= 15 is 0 Å². The van der Waals surface area contributed by atoms with Gasteiger partial charge < -0.3 is 11.5 Å². The number of fused-ring (bicyclic) bond motifs is 1. The maximum atomic E-state index is 12.1. The Hall–Kier alpha value is -1.72.